The molecule has 1 atom stereocenters. The Morgan fingerprint density at radius 1 is 1.00 bits per heavy atom. The monoisotopic (exact) mass is 376 g/mol. The molecule has 2 aromatic rings. The molecule has 0 saturated heterocycles. The second kappa shape index (κ2) is 6.97. The van der Waals surface area contributed by atoms with Gasteiger partial charge < -0.3 is 0 Å². The van der Waals surface area contributed by atoms with Crippen LogP contribution in [0.5, 0.6) is 0 Å². The number of sulfonamides is 1. The molecule has 1 aliphatic rings. The third kappa shape index (κ3) is 3.66. The van der Waals surface area contributed by atoms with Crippen molar-refractivity contribution < 1.29 is 22.4 Å². The largest absolute Gasteiger partial charge is 0.273 e. The highest BCUT2D eigenvalue weighted by Crippen LogP contribution is 2.22. The van der Waals surface area contributed by atoms with E-state index < -0.39 is 39.4 Å². The second-order valence-electron chi connectivity index (χ2n) is 6.02. The molecule has 0 saturated carbocycles. The Labute approximate surface area is 150 Å². The lowest BCUT2D eigenvalue weighted by atomic mass is 10.1. The minimum atomic E-state index is -3.75. The van der Waals surface area contributed by atoms with Crippen LogP contribution >= 0.6 is 0 Å². The summed E-state index contributed by atoms with van der Waals surface area (Å²) in [5, 5.41) is 0. The summed E-state index contributed by atoms with van der Waals surface area (Å²) in [7, 11) is -3.75. The summed E-state index contributed by atoms with van der Waals surface area (Å²) in [5.41, 5.74) is 1.17. The van der Waals surface area contributed by atoms with E-state index in [4.69, 9.17) is 0 Å². The van der Waals surface area contributed by atoms with Gasteiger partial charge in [-0.2, -0.15) is 0 Å². The maximum Gasteiger partial charge on any atom is 0.261 e. The average molecular weight is 376 g/mol. The number of carbonyl (C=O) groups excluding carboxylic acids is 2. The van der Waals surface area contributed by atoms with Crippen LogP contribution < -0.4 is 4.72 Å². The van der Waals surface area contributed by atoms with E-state index in [1.165, 1.54) is 24.3 Å². The molecule has 1 heterocycles. The molecule has 2 aromatic carbocycles. The molecule has 0 bridgehead atoms. The fraction of sp³-hybridized carbons (Fsp3) is 0.222. The Morgan fingerprint density at radius 2 is 1.54 bits per heavy atom. The molecule has 8 heteroatoms. The first-order valence-electron chi connectivity index (χ1n) is 7.99. The van der Waals surface area contributed by atoms with Gasteiger partial charge in [0.2, 0.25) is 10.0 Å². The van der Waals surface area contributed by atoms with Gasteiger partial charge in [-0.05, 0) is 36.8 Å². The summed E-state index contributed by atoms with van der Waals surface area (Å²) in [5.74, 6) is -1.81. The van der Waals surface area contributed by atoms with Crippen molar-refractivity contribution in [1.29, 1.82) is 0 Å². The third-order valence-electron chi connectivity index (χ3n) is 4.19. The highest BCUT2D eigenvalue weighted by atomic mass is 32.2. The molecule has 0 aromatic heterocycles. The molecular weight excluding hydrogens is 359 g/mol. The molecule has 3 rings (SSSR count). The SMILES string of the molecule is C[C@H](NS(=O)(=O)CCN1C(=O)c2ccccc2C1=O)c1ccc(F)cc1. The number of imide groups is 1. The number of nitrogens with zero attached hydrogens (tertiary/aromatic N) is 1. The van der Waals surface area contributed by atoms with Gasteiger partial charge in [-0.1, -0.05) is 24.3 Å². The molecular formula is C18H17FN2O4S. The lowest BCUT2D eigenvalue weighted by molar-refractivity contribution is 0.0664. The molecule has 1 N–H and O–H groups in total. The molecule has 0 fully saturated rings. The molecule has 0 aliphatic carbocycles. The van der Waals surface area contributed by atoms with E-state index in [0.717, 1.165) is 4.90 Å². The van der Waals surface area contributed by atoms with Crippen molar-refractivity contribution >= 4 is 21.8 Å². The number of nitrogens with one attached hydrogen (secondary N) is 1. The van der Waals surface area contributed by atoms with Gasteiger partial charge in [-0.25, -0.2) is 17.5 Å². The van der Waals surface area contributed by atoms with Gasteiger partial charge in [-0.3, -0.25) is 14.5 Å². The van der Waals surface area contributed by atoms with E-state index in [1.54, 1.807) is 31.2 Å². The van der Waals surface area contributed by atoms with Gasteiger partial charge in [0.15, 0.2) is 0 Å². The standard InChI is InChI=1S/C18H17FN2O4S/c1-12(13-6-8-14(19)9-7-13)20-26(24,25)11-10-21-17(22)15-4-2-3-5-16(15)18(21)23/h2-9,12,20H,10-11H2,1H3/t12-/m0/s1. The topological polar surface area (TPSA) is 83.6 Å². The van der Waals surface area contributed by atoms with Crippen LogP contribution in [0.4, 0.5) is 4.39 Å². The minimum absolute atomic E-state index is 0.238. The Balaban J connectivity index is 1.65. The number of fused-ring (bicyclic) bond motifs is 1. The van der Waals surface area contributed by atoms with E-state index in [0.29, 0.717) is 5.56 Å². The van der Waals surface area contributed by atoms with E-state index in [9.17, 15) is 22.4 Å². The van der Waals surface area contributed by atoms with Crippen molar-refractivity contribution in [3.05, 3.63) is 71.0 Å². The van der Waals surface area contributed by atoms with Gasteiger partial charge in [0, 0.05) is 12.6 Å². The van der Waals surface area contributed by atoms with Crippen LogP contribution in [-0.2, 0) is 10.0 Å². The molecule has 0 spiro atoms. The second-order valence-corrected chi connectivity index (χ2v) is 7.89. The van der Waals surface area contributed by atoms with Crippen molar-refractivity contribution in [2.45, 2.75) is 13.0 Å². The number of carbonyl (C=O) groups is 2. The summed E-state index contributed by atoms with van der Waals surface area (Å²) in [6.45, 7) is 1.39. The van der Waals surface area contributed by atoms with Gasteiger partial charge in [0.05, 0.1) is 16.9 Å². The van der Waals surface area contributed by atoms with Gasteiger partial charge in [0.1, 0.15) is 5.82 Å². The predicted octanol–water partition coefficient (Wildman–Crippen LogP) is 2.10. The maximum absolute atomic E-state index is 13.0. The third-order valence-corrected chi connectivity index (χ3v) is 5.62. The Bertz CT molecular complexity index is 922. The van der Waals surface area contributed by atoms with E-state index >= 15 is 0 Å². The zero-order valence-corrected chi connectivity index (χ0v) is 14.8. The molecule has 1 aliphatic heterocycles. The van der Waals surface area contributed by atoms with Crippen LogP contribution in [0.1, 0.15) is 39.2 Å². The van der Waals surface area contributed by atoms with Crippen molar-refractivity contribution in [2.24, 2.45) is 0 Å². The van der Waals surface area contributed by atoms with Crippen molar-refractivity contribution in [1.82, 2.24) is 9.62 Å². The lowest BCUT2D eigenvalue weighted by Gasteiger charge is -2.17. The maximum atomic E-state index is 13.0. The molecule has 0 unspecified atom stereocenters. The molecule has 26 heavy (non-hydrogen) atoms. The summed E-state index contributed by atoms with van der Waals surface area (Å²) in [6.07, 6.45) is 0. The number of halogens is 1. The molecule has 136 valence electrons. The Morgan fingerprint density at radius 3 is 2.08 bits per heavy atom. The van der Waals surface area contributed by atoms with Crippen LogP contribution in [0.3, 0.4) is 0 Å². The Hall–Kier alpha value is -2.58. The lowest BCUT2D eigenvalue weighted by Crippen LogP contribution is -2.38. The quantitative estimate of drug-likeness (QED) is 0.783. The summed E-state index contributed by atoms with van der Waals surface area (Å²) < 4.78 is 40.0. The highest BCUT2D eigenvalue weighted by molar-refractivity contribution is 7.89. The molecule has 6 nitrogen and oxygen atoms in total. The van der Waals surface area contributed by atoms with Crippen LogP contribution in [0, 0.1) is 5.82 Å². The Kier molecular flexibility index (Phi) is 4.88. The summed E-state index contributed by atoms with van der Waals surface area (Å²) >= 11 is 0. The predicted molar refractivity (Wildman–Crippen MR) is 93.5 cm³/mol. The van der Waals surface area contributed by atoms with Crippen LogP contribution in [0.25, 0.3) is 0 Å². The fourth-order valence-corrected chi connectivity index (χ4v) is 4.02. The van der Waals surface area contributed by atoms with Crippen LogP contribution in [0.2, 0.25) is 0 Å². The zero-order valence-electron chi connectivity index (χ0n) is 14.0. The zero-order chi connectivity index (χ0) is 18.9. The van der Waals surface area contributed by atoms with Crippen molar-refractivity contribution in [3.8, 4) is 0 Å². The first kappa shape index (κ1) is 18.2. The number of hydrogen-bond donors (Lipinski definition) is 1. The fourth-order valence-electron chi connectivity index (χ4n) is 2.80. The first-order chi connectivity index (χ1) is 12.3. The van der Waals surface area contributed by atoms with Gasteiger partial charge >= 0.3 is 0 Å². The van der Waals surface area contributed by atoms with Gasteiger partial charge in [-0.15, -0.1) is 0 Å². The molecule has 2 amide bonds. The number of amides is 2. The van der Waals surface area contributed by atoms with E-state index in [2.05, 4.69) is 4.72 Å². The number of benzene rings is 2. The molecule has 0 radical (unpaired) electrons. The summed E-state index contributed by atoms with van der Waals surface area (Å²) in [6, 6.07) is 11.3. The highest BCUT2D eigenvalue weighted by Gasteiger charge is 2.35. The minimum Gasteiger partial charge on any atom is -0.273 e. The van der Waals surface area contributed by atoms with Gasteiger partial charge in [0.25, 0.3) is 11.8 Å². The van der Waals surface area contributed by atoms with Crippen molar-refractivity contribution in [2.75, 3.05) is 12.3 Å². The average Bonchev–Trinajstić information content (AvgIpc) is 2.85. The summed E-state index contributed by atoms with van der Waals surface area (Å²) in [4.78, 5) is 25.4. The van der Waals surface area contributed by atoms with E-state index in [1.807, 2.05) is 0 Å². The normalized spacial score (nSPS) is 15.2. The first-order valence-corrected chi connectivity index (χ1v) is 9.64. The van der Waals surface area contributed by atoms with Crippen LogP contribution in [0.15, 0.2) is 48.5 Å². The van der Waals surface area contributed by atoms with Crippen LogP contribution in [-0.4, -0.2) is 37.4 Å². The smallest absolute Gasteiger partial charge is 0.261 e. The number of rotatable bonds is 6. The van der Waals surface area contributed by atoms with Crippen molar-refractivity contribution in [3.63, 3.8) is 0 Å². The van der Waals surface area contributed by atoms with E-state index in [-0.39, 0.29) is 17.7 Å². The number of hydrogen-bond acceptors (Lipinski definition) is 4.